The summed E-state index contributed by atoms with van der Waals surface area (Å²) in [5.41, 5.74) is 2.68. The number of hydrogen-bond donors (Lipinski definition) is 1. The van der Waals surface area contributed by atoms with Crippen molar-refractivity contribution < 1.29 is 27.1 Å². The highest BCUT2D eigenvalue weighted by molar-refractivity contribution is 5.80. The molecule has 2 heterocycles. The molecule has 1 unspecified atom stereocenters. The third-order valence-corrected chi connectivity index (χ3v) is 7.02. The molecule has 6 nitrogen and oxygen atoms in total. The van der Waals surface area contributed by atoms with Crippen LogP contribution >= 0.6 is 0 Å². The summed E-state index contributed by atoms with van der Waals surface area (Å²) in [5, 5.41) is 1.94. The number of nitrogens with zero attached hydrogens (tertiary/aromatic N) is 3. The summed E-state index contributed by atoms with van der Waals surface area (Å²) in [7, 11) is 0. The van der Waals surface area contributed by atoms with Crippen LogP contribution in [0.4, 0.5) is 23.5 Å². The molecule has 1 aromatic heterocycles. The van der Waals surface area contributed by atoms with E-state index in [4.69, 9.17) is 4.74 Å². The van der Waals surface area contributed by atoms with Gasteiger partial charge < -0.3 is 15.0 Å². The van der Waals surface area contributed by atoms with Gasteiger partial charge in [-0.25, -0.2) is 14.4 Å². The number of allylic oxidation sites excluding steroid dienone is 2. The molecule has 2 aromatic rings. The summed E-state index contributed by atoms with van der Waals surface area (Å²) in [6, 6.07) is 4.82. The van der Waals surface area contributed by atoms with Crippen LogP contribution in [-0.4, -0.2) is 48.3 Å². The second-order valence-corrected chi connectivity index (χ2v) is 9.67. The Labute approximate surface area is 214 Å². The molecule has 1 atom stereocenters. The van der Waals surface area contributed by atoms with Crippen LogP contribution in [0.5, 0.6) is 5.75 Å². The zero-order valence-corrected chi connectivity index (χ0v) is 20.9. The van der Waals surface area contributed by atoms with Crippen molar-refractivity contribution in [3.63, 3.8) is 0 Å². The lowest BCUT2D eigenvalue weighted by Crippen LogP contribution is -2.38. The van der Waals surface area contributed by atoms with Gasteiger partial charge in [0.1, 0.15) is 6.54 Å². The number of aromatic nitrogens is 2. The Bertz CT molecular complexity index is 1100. The summed E-state index contributed by atoms with van der Waals surface area (Å²) in [6.45, 7) is 2.82. The highest BCUT2D eigenvalue weighted by atomic mass is 19.4. The predicted octanol–water partition coefficient (Wildman–Crippen LogP) is 5.34. The molecule has 1 amide bonds. The minimum Gasteiger partial charge on any atom is -0.490 e. The van der Waals surface area contributed by atoms with Crippen LogP contribution in [0.3, 0.4) is 0 Å². The fraction of sp³-hybridized carbons (Fsp3) is 0.519. The smallest absolute Gasteiger partial charge is 0.405 e. The first-order valence-electron chi connectivity index (χ1n) is 12.7. The van der Waals surface area contributed by atoms with E-state index in [9.17, 15) is 22.4 Å². The minimum absolute atomic E-state index is 0.200. The Morgan fingerprint density at radius 1 is 1.16 bits per heavy atom. The number of anilines is 1. The summed E-state index contributed by atoms with van der Waals surface area (Å²) >= 11 is 0. The first kappa shape index (κ1) is 26.9. The quantitative estimate of drug-likeness (QED) is 0.477. The average molecular weight is 521 g/mol. The molecule has 2 aliphatic rings. The van der Waals surface area contributed by atoms with Crippen molar-refractivity contribution in [1.29, 1.82) is 0 Å². The van der Waals surface area contributed by atoms with E-state index in [1.165, 1.54) is 6.07 Å². The van der Waals surface area contributed by atoms with Crippen molar-refractivity contribution in [1.82, 2.24) is 15.3 Å². The van der Waals surface area contributed by atoms with Crippen LogP contribution in [0.15, 0.2) is 36.7 Å². The molecule has 0 saturated carbocycles. The van der Waals surface area contributed by atoms with Gasteiger partial charge in [0.15, 0.2) is 11.6 Å². The number of aryl methyl sites for hydroxylation is 1. The van der Waals surface area contributed by atoms with E-state index in [0.717, 1.165) is 49.4 Å². The molecule has 10 heteroatoms. The van der Waals surface area contributed by atoms with Crippen LogP contribution in [0.1, 0.15) is 50.2 Å². The second kappa shape index (κ2) is 11.9. The number of carbonyl (C=O) groups is 1. The van der Waals surface area contributed by atoms with Crippen molar-refractivity contribution in [2.24, 2.45) is 11.8 Å². The van der Waals surface area contributed by atoms with Crippen LogP contribution < -0.4 is 15.0 Å². The summed E-state index contributed by atoms with van der Waals surface area (Å²) in [5.74, 6) is -0.312. The molecule has 0 spiro atoms. The third kappa shape index (κ3) is 7.42. The summed E-state index contributed by atoms with van der Waals surface area (Å²) < 4.78 is 57.5. The SMILES string of the molecule is CCc1cnc(N2CCC(COc3ccc(C4=CCC(C(=O)NCC(F)(F)F)CC4)cc3F)CC2)nc1. The average Bonchev–Trinajstić information content (AvgIpc) is 2.91. The number of benzene rings is 1. The lowest BCUT2D eigenvalue weighted by molar-refractivity contribution is -0.140. The van der Waals surface area contributed by atoms with Crippen molar-refractivity contribution >= 4 is 17.4 Å². The number of halogens is 4. The van der Waals surface area contributed by atoms with Gasteiger partial charge in [0.25, 0.3) is 0 Å². The fourth-order valence-corrected chi connectivity index (χ4v) is 4.68. The number of rotatable bonds is 8. The molecule has 0 bridgehead atoms. The maximum Gasteiger partial charge on any atom is 0.405 e. The Kier molecular flexibility index (Phi) is 8.66. The van der Waals surface area contributed by atoms with Crippen LogP contribution in [0.2, 0.25) is 0 Å². The molecule has 4 rings (SSSR count). The highest BCUT2D eigenvalue weighted by Crippen LogP contribution is 2.33. The van der Waals surface area contributed by atoms with Gasteiger partial charge in [0.2, 0.25) is 11.9 Å². The lowest BCUT2D eigenvalue weighted by atomic mass is 9.86. The molecule has 1 aromatic carbocycles. The normalized spacial score (nSPS) is 18.9. The van der Waals surface area contributed by atoms with E-state index >= 15 is 0 Å². The Morgan fingerprint density at radius 2 is 1.89 bits per heavy atom. The van der Waals surface area contributed by atoms with Gasteiger partial charge in [-0.05, 0) is 73.3 Å². The Balaban J connectivity index is 1.24. The summed E-state index contributed by atoms with van der Waals surface area (Å²) in [6.07, 6.45) is 5.06. The minimum atomic E-state index is -4.43. The Hall–Kier alpha value is -3.17. The zero-order chi connectivity index (χ0) is 26.4. The number of piperidine rings is 1. The van der Waals surface area contributed by atoms with E-state index in [1.807, 2.05) is 23.8 Å². The van der Waals surface area contributed by atoms with Crippen LogP contribution in [0.25, 0.3) is 5.57 Å². The maximum atomic E-state index is 14.8. The highest BCUT2D eigenvalue weighted by Gasteiger charge is 2.30. The molecule has 1 N–H and O–H groups in total. The molecule has 200 valence electrons. The summed E-state index contributed by atoms with van der Waals surface area (Å²) in [4.78, 5) is 23.0. The van der Waals surface area contributed by atoms with E-state index in [-0.39, 0.29) is 5.75 Å². The third-order valence-electron chi connectivity index (χ3n) is 7.02. The lowest BCUT2D eigenvalue weighted by Gasteiger charge is -2.31. The van der Waals surface area contributed by atoms with Gasteiger partial charge in [0, 0.05) is 31.4 Å². The monoisotopic (exact) mass is 520 g/mol. The molecular formula is C27H32F4N4O2. The molecule has 0 radical (unpaired) electrons. The van der Waals surface area contributed by atoms with E-state index in [0.29, 0.717) is 37.4 Å². The zero-order valence-electron chi connectivity index (χ0n) is 20.9. The number of amides is 1. The van der Waals surface area contributed by atoms with Gasteiger partial charge in [-0.1, -0.05) is 19.1 Å². The van der Waals surface area contributed by atoms with E-state index in [2.05, 4.69) is 21.8 Å². The number of nitrogens with one attached hydrogen (secondary N) is 1. The molecule has 1 saturated heterocycles. The van der Waals surface area contributed by atoms with Crippen molar-refractivity contribution in [3.05, 3.63) is 53.6 Å². The van der Waals surface area contributed by atoms with Gasteiger partial charge in [-0.15, -0.1) is 0 Å². The first-order chi connectivity index (χ1) is 17.7. The molecule has 1 aliphatic heterocycles. The molecule has 37 heavy (non-hydrogen) atoms. The largest absolute Gasteiger partial charge is 0.490 e. The van der Waals surface area contributed by atoms with E-state index < -0.39 is 30.4 Å². The first-order valence-corrected chi connectivity index (χ1v) is 12.7. The van der Waals surface area contributed by atoms with Gasteiger partial charge in [-0.2, -0.15) is 13.2 Å². The van der Waals surface area contributed by atoms with Gasteiger partial charge >= 0.3 is 6.18 Å². The number of carbonyl (C=O) groups excluding carboxylic acids is 1. The van der Waals surface area contributed by atoms with Crippen molar-refractivity contribution in [3.8, 4) is 5.75 Å². The predicted molar refractivity (Wildman–Crippen MR) is 133 cm³/mol. The second-order valence-electron chi connectivity index (χ2n) is 9.67. The fourth-order valence-electron chi connectivity index (χ4n) is 4.68. The molecule has 1 aliphatic carbocycles. The van der Waals surface area contributed by atoms with Crippen LogP contribution in [0, 0.1) is 17.7 Å². The van der Waals surface area contributed by atoms with Gasteiger partial charge in [-0.3, -0.25) is 4.79 Å². The van der Waals surface area contributed by atoms with Crippen molar-refractivity contribution in [2.75, 3.05) is 31.1 Å². The Morgan fingerprint density at radius 3 is 2.49 bits per heavy atom. The standard InChI is InChI=1S/C27H32F4N4O2/c1-2-18-14-32-26(33-15-18)35-11-9-19(10-12-35)16-37-24-8-7-22(13-23(24)28)20-3-5-21(6-4-20)25(36)34-17-27(29,30)31/h3,7-8,13-15,19,21H,2,4-6,9-12,16-17H2,1H3,(H,34,36). The molecule has 1 fully saturated rings. The van der Waals surface area contributed by atoms with Crippen LogP contribution in [-0.2, 0) is 11.2 Å². The topological polar surface area (TPSA) is 67.4 Å². The number of alkyl halides is 3. The van der Waals surface area contributed by atoms with E-state index in [1.54, 1.807) is 12.1 Å². The maximum absolute atomic E-state index is 14.8. The number of ether oxygens (including phenoxy) is 1. The van der Waals surface area contributed by atoms with Gasteiger partial charge in [0.05, 0.1) is 6.61 Å². The van der Waals surface area contributed by atoms with Crippen molar-refractivity contribution in [2.45, 2.75) is 51.6 Å². The number of hydrogen-bond acceptors (Lipinski definition) is 5. The molecular weight excluding hydrogens is 488 g/mol.